The van der Waals surface area contributed by atoms with Crippen LogP contribution in [0, 0.1) is 0 Å². The number of hydrogen-bond acceptors (Lipinski definition) is 9. The second-order valence-corrected chi connectivity index (χ2v) is 19.6. The Bertz CT molecular complexity index is 1260. The molecular weight excluding hydrogens is 825 g/mol. The average molecular weight is 923 g/mol. The summed E-state index contributed by atoms with van der Waals surface area (Å²) in [6.07, 6.45) is 33.0. The van der Waals surface area contributed by atoms with Crippen molar-refractivity contribution in [1.29, 1.82) is 0 Å². The third kappa shape index (κ3) is 30.3. The van der Waals surface area contributed by atoms with E-state index in [0.717, 1.165) is 57.8 Å². The van der Waals surface area contributed by atoms with Gasteiger partial charge in [-0.25, -0.2) is 4.79 Å². The first-order chi connectivity index (χ1) is 31.2. The number of rotatable bonds is 39. The third-order valence-electron chi connectivity index (χ3n) is 12.3. The second kappa shape index (κ2) is 38.3. The molecule has 1 aliphatic rings. The number of nitrogens with one attached hydrogen (secondary N) is 3. The Morgan fingerprint density at radius 1 is 0.662 bits per heavy atom. The minimum absolute atomic E-state index is 0.177. The number of aliphatic hydroxyl groups excluding tert-OH is 3. The zero-order valence-corrected chi connectivity index (χ0v) is 42.2. The van der Waals surface area contributed by atoms with Crippen molar-refractivity contribution in [3.8, 4) is 0 Å². The number of allylic oxidation sites excluding steroid dienone is 2. The molecule has 65 heavy (non-hydrogen) atoms. The Kier molecular flexibility index (Phi) is 35.5. The SMILES string of the molecule is CCCCCCCCC=CCCCCCCCC(=O)N(CCCCCCCCCCCCCCCCCC)[C@@H]1O[C@H](CO)[C@@H](O)[C@H](O)[C@H]1NC(=O)CNC(=O)[C@H](C)NC(=O)OC(C)(C)C. The number of carbonyl (C=O) groups excluding carboxylic acids is 4. The van der Waals surface area contributed by atoms with Crippen molar-refractivity contribution >= 4 is 23.8 Å². The first-order valence-electron chi connectivity index (χ1n) is 26.4. The lowest BCUT2D eigenvalue weighted by molar-refractivity contribution is -0.231. The van der Waals surface area contributed by atoms with Crippen LogP contribution in [-0.4, -0.2) is 106 Å². The molecule has 0 unspecified atom stereocenters. The van der Waals surface area contributed by atoms with E-state index in [1.54, 1.807) is 25.7 Å². The number of ether oxygens (including phenoxy) is 2. The van der Waals surface area contributed by atoms with E-state index >= 15 is 0 Å². The van der Waals surface area contributed by atoms with Gasteiger partial charge in [-0.2, -0.15) is 0 Å². The van der Waals surface area contributed by atoms with Crippen LogP contribution in [0.5, 0.6) is 0 Å². The molecule has 6 N–H and O–H groups in total. The Morgan fingerprint density at radius 2 is 1.11 bits per heavy atom. The smallest absolute Gasteiger partial charge is 0.408 e. The molecule has 1 fully saturated rings. The largest absolute Gasteiger partial charge is 0.444 e. The van der Waals surface area contributed by atoms with Crippen LogP contribution in [0.15, 0.2) is 12.2 Å². The van der Waals surface area contributed by atoms with Crippen LogP contribution in [0.2, 0.25) is 0 Å². The van der Waals surface area contributed by atoms with Gasteiger partial charge in [0.1, 0.15) is 36.0 Å². The summed E-state index contributed by atoms with van der Waals surface area (Å²) in [7, 11) is 0. The summed E-state index contributed by atoms with van der Waals surface area (Å²) < 4.78 is 11.4. The monoisotopic (exact) mass is 923 g/mol. The first-order valence-corrected chi connectivity index (χ1v) is 26.4. The van der Waals surface area contributed by atoms with Gasteiger partial charge in [-0.05, 0) is 66.2 Å². The number of amides is 4. The highest BCUT2D eigenvalue weighted by Crippen LogP contribution is 2.26. The van der Waals surface area contributed by atoms with E-state index in [-0.39, 0.29) is 12.3 Å². The van der Waals surface area contributed by atoms with Crippen LogP contribution in [0.1, 0.15) is 234 Å². The zero-order valence-electron chi connectivity index (χ0n) is 42.2. The van der Waals surface area contributed by atoms with E-state index in [4.69, 9.17) is 9.47 Å². The molecule has 0 aromatic carbocycles. The summed E-state index contributed by atoms with van der Waals surface area (Å²) >= 11 is 0. The van der Waals surface area contributed by atoms with Crippen molar-refractivity contribution in [3.05, 3.63) is 12.2 Å². The third-order valence-corrected chi connectivity index (χ3v) is 12.3. The highest BCUT2D eigenvalue weighted by atomic mass is 16.6. The van der Waals surface area contributed by atoms with Gasteiger partial charge in [-0.1, -0.05) is 174 Å². The number of alkyl carbamates (subject to hydrolysis) is 1. The van der Waals surface area contributed by atoms with Crippen LogP contribution in [0.4, 0.5) is 4.79 Å². The van der Waals surface area contributed by atoms with E-state index in [0.29, 0.717) is 19.4 Å². The Balaban J connectivity index is 2.81. The number of nitrogens with zero attached hydrogens (tertiary/aromatic N) is 1. The topological polar surface area (TPSA) is 187 Å². The van der Waals surface area contributed by atoms with Crippen LogP contribution >= 0.6 is 0 Å². The van der Waals surface area contributed by atoms with Crippen LogP contribution in [0.3, 0.4) is 0 Å². The quantitative estimate of drug-likeness (QED) is 0.0258. The fraction of sp³-hybridized carbons (Fsp3) is 0.885. The Morgan fingerprint density at radius 3 is 1.57 bits per heavy atom. The van der Waals surface area contributed by atoms with Gasteiger partial charge in [0.25, 0.3) is 0 Å². The standard InChI is InChI=1S/C52H98N4O9/c1-7-9-11-13-15-17-19-21-23-25-27-29-31-33-35-37-39-56(45(59)38-36-34-32-30-28-26-24-22-20-18-16-14-12-10-8-2)50-46(48(61)47(60)43(41-57)64-50)55-44(58)40-53-49(62)42(3)54-51(63)65-52(4,5)6/h22,24,42-43,46-48,50,57,60-61H,7-21,23,25-41H2,1-6H3,(H,53,62)(H,54,63)(H,55,58)/t42-,43+,46+,47+,48+,50+/m0/s1. The van der Waals surface area contributed by atoms with Gasteiger partial charge in [-0.3, -0.25) is 14.4 Å². The molecule has 1 heterocycles. The maximum Gasteiger partial charge on any atom is 0.408 e. The number of hydrogen-bond donors (Lipinski definition) is 6. The lowest BCUT2D eigenvalue weighted by Crippen LogP contribution is -2.69. The molecule has 0 bridgehead atoms. The summed E-state index contributed by atoms with van der Waals surface area (Å²) in [6, 6.07) is -2.25. The predicted octanol–water partition coefficient (Wildman–Crippen LogP) is 10.1. The highest BCUT2D eigenvalue weighted by molar-refractivity contribution is 5.89. The van der Waals surface area contributed by atoms with Crippen molar-refractivity contribution in [2.75, 3.05) is 19.7 Å². The molecule has 0 spiro atoms. The van der Waals surface area contributed by atoms with E-state index in [1.165, 1.54) is 122 Å². The summed E-state index contributed by atoms with van der Waals surface area (Å²) in [5, 5.41) is 39.9. The Labute approximate surface area is 395 Å². The summed E-state index contributed by atoms with van der Waals surface area (Å²) in [5.74, 6) is -1.51. The molecule has 13 nitrogen and oxygen atoms in total. The molecule has 0 radical (unpaired) electrons. The van der Waals surface area contributed by atoms with E-state index < -0.39 is 73.3 Å². The molecule has 4 amide bonds. The van der Waals surface area contributed by atoms with E-state index in [2.05, 4.69) is 41.9 Å². The van der Waals surface area contributed by atoms with Crippen molar-refractivity contribution in [2.45, 2.75) is 276 Å². The molecule has 0 saturated carbocycles. The van der Waals surface area contributed by atoms with Crippen LogP contribution < -0.4 is 16.0 Å². The maximum absolute atomic E-state index is 14.1. The lowest BCUT2D eigenvalue weighted by atomic mass is 9.94. The van der Waals surface area contributed by atoms with Gasteiger partial charge >= 0.3 is 6.09 Å². The van der Waals surface area contributed by atoms with Gasteiger partial charge in [0, 0.05) is 13.0 Å². The molecule has 0 aromatic rings. The molecule has 0 aromatic heterocycles. The van der Waals surface area contributed by atoms with Gasteiger partial charge in [0.05, 0.1) is 13.2 Å². The normalized spacial score (nSPS) is 19.2. The summed E-state index contributed by atoms with van der Waals surface area (Å²) in [6.45, 7) is 10.3. The van der Waals surface area contributed by atoms with Gasteiger partial charge < -0.3 is 45.6 Å². The molecule has 13 heteroatoms. The fourth-order valence-corrected chi connectivity index (χ4v) is 8.34. The summed E-state index contributed by atoms with van der Waals surface area (Å²) in [4.78, 5) is 53.8. The van der Waals surface area contributed by atoms with Crippen molar-refractivity contribution in [1.82, 2.24) is 20.9 Å². The second-order valence-electron chi connectivity index (χ2n) is 19.6. The predicted molar refractivity (Wildman–Crippen MR) is 262 cm³/mol. The molecule has 380 valence electrons. The van der Waals surface area contributed by atoms with Crippen molar-refractivity contribution in [3.63, 3.8) is 0 Å². The van der Waals surface area contributed by atoms with Crippen molar-refractivity contribution in [2.24, 2.45) is 0 Å². The molecular formula is C52H98N4O9. The number of unbranched alkanes of at least 4 members (excludes halogenated alkanes) is 26. The first kappa shape index (κ1) is 60.3. The fourth-order valence-electron chi connectivity index (χ4n) is 8.34. The van der Waals surface area contributed by atoms with Crippen LogP contribution in [-0.2, 0) is 23.9 Å². The number of carbonyl (C=O) groups is 4. The number of aliphatic hydroxyl groups is 3. The summed E-state index contributed by atoms with van der Waals surface area (Å²) in [5.41, 5.74) is -0.760. The molecule has 1 rings (SSSR count). The minimum atomic E-state index is -1.57. The van der Waals surface area contributed by atoms with Gasteiger partial charge in [0.15, 0.2) is 6.23 Å². The van der Waals surface area contributed by atoms with Gasteiger partial charge in [0.2, 0.25) is 17.7 Å². The lowest BCUT2D eigenvalue weighted by Gasteiger charge is -2.47. The average Bonchev–Trinajstić information content (AvgIpc) is 3.26. The molecule has 1 saturated heterocycles. The Hall–Kier alpha value is -2.74. The van der Waals surface area contributed by atoms with Crippen molar-refractivity contribution < 1.29 is 44.0 Å². The molecule has 0 aliphatic carbocycles. The maximum atomic E-state index is 14.1. The van der Waals surface area contributed by atoms with Crippen LogP contribution in [0.25, 0.3) is 0 Å². The molecule has 1 aliphatic heterocycles. The molecule has 6 atom stereocenters. The zero-order chi connectivity index (χ0) is 48.1. The van der Waals surface area contributed by atoms with E-state index in [1.807, 2.05) is 0 Å². The minimum Gasteiger partial charge on any atom is -0.444 e. The highest BCUT2D eigenvalue weighted by Gasteiger charge is 2.48. The van der Waals surface area contributed by atoms with E-state index in [9.17, 15) is 34.5 Å². The van der Waals surface area contributed by atoms with Gasteiger partial charge in [-0.15, -0.1) is 0 Å².